The predicted octanol–water partition coefficient (Wildman–Crippen LogP) is 1.35. The Kier molecular flexibility index (Phi) is 2.86. The van der Waals surface area contributed by atoms with Gasteiger partial charge >= 0.3 is 0 Å². The van der Waals surface area contributed by atoms with Crippen LogP contribution in [0.4, 0.5) is 0 Å². The van der Waals surface area contributed by atoms with Gasteiger partial charge in [-0.2, -0.15) is 0 Å². The van der Waals surface area contributed by atoms with E-state index in [1.165, 1.54) is 0 Å². The highest BCUT2D eigenvalue weighted by Gasteiger charge is 2.23. The van der Waals surface area contributed by atoms with Crippen molar-refractivity contribution in [3.8, 4) is 5.88 Å². The molecule has 0 radical (unpaired) electrons. The Labute approximate surface area is 89.9 Å². The van der Waals surface area contributed by atoms with Crippen LogP contribution in [0.25, 0.3) is 0 Å². The zero-order chi connectivity index (χ0) is 10.8. The summed E-state index contributed by atoms with van der Waals surface area (Å²) in [5.41, 5.74) is 7.69. The molecule has 1 saturated carbocycles. The normalized spacial score (nSPS) is 25.5. The molecule has 1 fully saturated rings. The van der Waals surface area contributed by atoms with Crippen molar-refractivity contribution in [2.75, 3.05) is 0 Å². The van der Waals surface area contributed by atoms with E-state index in [4.69, 9.17) is 10.5 Å². The molecule has 2 atom stereocenters. The van der Waals surface area contributed by atoms with E-state index in [9.17, 15) is 0 Å². The van der Waals surface area contributed by atoms with E-state index in [1.807, 2.05) is 13.8 Å². The Bertz CT molecular complexity index is 354. The highest BCUT2D eigenvalue weighted by atomic mass is 16.5. The number of hydrogen-bond donors (Lipinski definition) is 1. The molecule has 0 amide bonds. The van der Waals surface area contributed by atoms with E-state index in [2.05, 4.69) is 9.97 Å². The lowest BCUT2D eigenvalue weighted by molar-refractivity contribution is 0.198. The third-order valence-electron chi connectivity index (χ3n) is 2.88. The average molecular weight is 207 g/mol. The second-order valence-electron chi connectivity index (χ2n) is 4.19. The summed E-state index contributed by atoms with van der Waals surface area (Å²) in [4.78, 5) is 8.56. The van der Waals surface area contributed by atoms with Gasteiger partial charge in [0.2, 0.25) is 5.88 Å². The summed E-state index contributed by atoms with van der Waals surface area (Å²) < 4.78 is 5.73. The minimum atomic E-state index is 0.219. The average Bonchev–Trinajstić information content (AvgIpc) is 2.58. The molecule has 82 valence electrons. The van der Waals surface area contributed by atoms with Gasteiger partial charge < -0.3 is 10.5 Å². The molecule has 1 aliphatic carbocycles. The number of rotatable bonds is 2. The maximum Gasteiger partial charge on any atom is 0.232 e. The van der Waals surface area contributed by atoms with Gasteiger partial charge in [0.1, 0.15) is 6.10 Å². The standard InChI is InChI=1S/C11H17N3O/c1-7-8(2)14-11(6-13-7)15-10-4-3-9(12)5-10/h6,9-10H,3-5,12H2,1-2H3. The fraction of sp³-hybridized carbons (Fsp3) is 0.636. The Morgan fingerprint density at radius 2 is 2.13 bits per heavy atom. The van der Waals surface area contributed by atoms with Crippen molar-refractivity contribution in [3.63, 3.8) is 0 Å². The summed E-state index contributed by atoms with van der Waals surface area (Å²) in [5, 5.41) is 0. The molecule has 15 heavy (non-hydrogen) atoms. The van der Waals surface area contributed by atoms with Crippen LogP contribution in [-0.4, -0.2) is 22.1 Å². The minimum Gasteiger partial charge on any atom is -0.473 e. The van der Waals surface area contributed by atoms with Crippen molar-refractivity contribution >= 4 is 0 Å². The van der Waals surface area contributed by atoms with Crippen LogP contribution >= 0.6 is 0 Å². The van der Waals surface area contributed by atoms with E-state index >= 15 is 0 Å². The molecule has 4 nitrogen and oxygen atoms in total. The number of ether oxygens (including phenoxy) is 1. The molecule has 0 spiro atoms. The van der Waals surface area contributed by atoms with Gasteiger partial charge in [-0.3, -0.25) is 4.98 Å². The maximum absolute atomic E-state index is 5.82. The van der Waals surface area contributed by atoms with E-state index in [0.717, 1.165) is 30.7 Å². The van der Waals surface area contributed by atoms with Crippen molar-refractivity contribution in [1.29, 1.82) is 0 Å². The number of nitrogens with two attached hydrogens (primary N) is 1. The van der Waals surface area contributed by atoms with E-state index in [-0.39, 0.29) is 12.1 Å². The van der Waals surface area contributed by atoms with Crippen molar-refractivity contribution in [2.45, 2.75) is 45.3 Å². The number of aromatic nitrogens is 2. The van der Waals surface area contributed by atoms with Crippen molar-refractivity contribution < 1.29 is 4.74 Å². The first-order valence-corrected chi connectivity index (χ1v) is 5.37. The van der Waals surface area contributed by atoms with Gasteiger partial charge in [-0.05, 0) is 33.1 Å². The molecule has 4 heteroatoms. The molecule has 1 heterocycles. The summed E-state index contributed by atoms with van der Waals surface area (Å²) in [6.45, 7) is 3.88. The molecule has 0 aliphatic heterocycles. The molecule has 1 aliphatic rings. The lowest BCUT2D eigenvalue weighted by Crippen LogP contribution is -2.19. The van der Waals surface area contributed by atoms with Gasteiger partial charge in [0.25, 0.3) is 0 Å². The summed E-state index contributed by atoms with van der Waals surface area (Å²) in [7, 11) is 0. The summed E-state index contributed by atoms with van der Waals surface area (Å²) in [6, 6.07) is 0.287. The van der Waals surface area contributed by atoms with Crippen LogP contribution in [0, 0.1) is 13.8 Å². The first-order chi connectivity index (χ1) is 7.15. The van der Waals surface area contributed by atoms with E-state index < -0.39 is 0 Å². The van der Waals surface area contributed by atoms with Crippen LogP contribution in [0.15, 0.2) is 6.20 Å². The van der Waals surface area contributed by atoms with Crippen LogP contribution in [0.3, 0.4) is 0 Å². The van der Waals surface area contributed by atoms with Gasteiger partial charge in [-0.1, -0.05) is 0 Å². The van der Waals surface area contributed by atoms with Gasteiger partial charge in [-0.25, -0.2) is 4.98 Å². The fourth-order valence-electron chi connectivity index (χ4n) is 1.83. The van der Waals surface area contributed by atoms with Crippen LogP contribution in [0.5, 0.6) is 5.88 Å². The minimum absolute atomic E-state index is 0.219. The van der Waals surface area contributed by atoms with Crippen LogP contribution in [0.1, 0.15) is 30.7 Å². The molecular formula is C11H17N3O. The summed E-state index contributed by atoms with van der Waals surface area (Å²) in [5.74, 6) is 0.622. The smallest absolute Gasteiger partial charge is 0.232 e. The maximum atomic E-state index is 5.82. The second kappa shape index (κ2) is 4.14. The van der Waals surface area contributed by atoms with Gasteiger partial charge in [0.05, 0.1) is 17.6 Å². The van der Waals surface area contributed by atoms with Crippen molar-refractivity contribution in [3.05, 3.63) is 17.6 Å². The first-order valence-electron chi connectivity index (χ1n) is 5.37. The largest absolute Gasteiger partial charge is 0.473 e. The number of hydrogen-bond acceptors (Lipinski definition) is 4. The lowest BCUT2D eigenvalue weighted by Gasteiger charge is -2.12. The van der Waals surface area contributed by atoms with Crippen LogP contribution < -0.4 is 10.5 Å². The quantitative estimate of drug-likeness (QED) is 0.795. The Balaban J connectivity index is 2.02. The molecule has 2 N–H and O–H groups in total. The lowest BCUT2D eigenvalue weighted by atomic mass is 10.3. The fourth-order valence-corrected chi connectivity index (χ4v) is 1.83. The topological polar surface area (TPSA) is 61.0 Å². The number of nitrogens with zero attached hydrogens (tertiary/aromatic N) is 2. The third kappa shape index (κ3) is 2.45. The Morgan fingerprint density at radius 3 is 2.73 bits per heavy atom. The molecule has 0 bridgehead atoms. The first kappa shape index (κ1) is 10.4. The van der Waals surface area contributed by atoms with Gasteiger partial charge in [-0.15, -0.1) is 0 Å². The molecule has 2 rings (SSSR count). The SMILES string of the molecule is Cc1ncc(OC2CCC(N)C2)nc1C. The zero-order valence-corrected chi connectivity index (χ0v) is 9.23. The molecule has 2 unspecified atom stereocenters. The third-order valence-corrected chi connectivity index (χ3v) is 2.88. The zero-order valence-electron chi connectivity index (χ0n) is 9.23. The summed E-state index contributed by atoms with van der Waals surface area (Å²) >= 11 is 0. The molecule has 0 aromatic carbocycles. The van der Waals surface area contributed by atoms with Crippen molar-refractivity contribution in [2.24, 2.45) is 5.73 Å². The predicted molar refractivity (Wildman–Crippen MR) is 57.7 cm³/mol. The highest BCUT2D eigenvalue weighted by Crippen LogP contribution is 2.22. The van der Waals surface area contributed by atoms with Crippen molar-refractivity contribution in [1.82, 2.24) is 9.97 Å². The molecule has 0 saturated heterocycles. The second-order valence-corrected chi connectivity index (χ2v) is 4.19. The van der Waals surface area contributed by atoms with Gasteiger partial charge in [0, 0.05) is 6.04 Å². The Morgan fingerprint density at radius 1 is 1.33 bits per heavy atom. The monoisotopic (exact) mass is 207 g/mol. The Hall–Kier alpha value is -1.16. The molecular weight excluding hydrogens is 190 g/mol. The summed E-state index contributed by atoms with van der Waals surface area (Å²) in [6.07, 6.45) is 4.90. The molecule has 1 aromatic heterocycles. The van der Waals surface area contributed by atoms with Crippen LogP contribution in [0.2, 0.25) is 0 Å². The highest BCUT2D eigenvalue weighted by molar-refractivity contribution is 5.14. The number of aryl methyl sites for hydroxylation is 2. The van der Waals surface area contributed by atoms with Gasteiger partial charge in [0.15, 0.2) is 0 Å². The van der Waals surface area contributed by atoms with E-state index in [0.29, 0.717) is 5.88 Å². The van der Waals surface area contributed by atoms with E-state index in [1.54, 1.807) is 6.20 Å². The van der Waals surface area contributed by atoms with Crippen LogP contribution in [-0.2, 0) is 0 Å². The molecule has 1 aromatic rings.